The average molecular weight is 577 g/mol. The van der Waals surface area contributed by atoms with Crippen molar-refractivity contribution >= 4 is 40.7 Å². The normalized spacial score (nSPS) is 24.2. The van der Waals surface area contributed by atoms with E-state index in [2.05, 4.69) is 0 Å². The fraction of sp³-hybridized carbons (Fsp3) is 0.290. The largest absolute Gasteiger partial charge is 0.508 e. The topological polar surface area (TPSA) is 199 Å². The molecule has 0 heterocycles. The van der Waals surface area contributed by atoms with Gasteiger partial charge in [-0.1, -0.05) is 36.4 Å². The number of hydrogen-bond donors (Lipinski definition) is 6. The molecule has 0 fully saturated rings. The fourth-order valence-corrected chi connectivity index (χ4v) is 5.62. The Kier molecular flexibility index (Phi) is 7.96. The van der Waals surface area contributed by atoms with Gasteiger partial charge in [0.05, 0.1) is 23.3 Å². The van der Waals surface area contributed by atoms with Crippen LogP contribution in [0.2, 0.25) is 0 Å². The second-order valence-corrected chi connectivity index (χ2v) is 10.8. The molecule has 7 N–H and O–H groups in total. The van der Waals surface area contributed by atoms with E-state index in [1.54, 1.807) is 36.4 Å². The highest BCUT2D eigenvalue weighted by Gasteiger charge is 2.55. The molecule has 0 aliphatic heterocycles. The summed E-state index contributed by atoms with van der Waals surface area (Å²) >= 11 is 0. The lowest BCUT2D eigenvalue weighted by Crippen LogP contribution is -2.56. The minimum absolute atomic E-state index is 0.176. The van der Waals surface area contributed by atoms with Gasteiger partial charge in [0.1, 0.15) is 22.8 Å². The van der Waals surface area contributed by atoms with Gasteiger partial charge >= 0.3 is 0 Å². The molecule has 0 bridgehead atoms. The molecule has 0 saturated heterocycles. The van der Waals surface area contributed by atoms with Gasteiger partial charge in [0, 0.05) is 17.9 Å². The minimum atomic E-state index is -2.91. The number of primary amides is 1. The van der Waals surface area contributed by atoms with Crippen LogP contribution in [-0.2, 0) is 14.4 Å². The first kappa shape index (κ1) is 30.4. The number of ketones is 3. The van der Waals surface area contributed by atoms with Crippen molar-refractivity contribution in [3.05, 3.63) is 81.6 Å². The maximum atomic E-state index is 14.3. The van der Waals surface area contributed by atoms with E-state index in [9.17, 15) is 44.7 Å². The van der Waals surface area contributed by atoms with E-state index in [4.69, 9.17) is 5.73 Å². The van der Waals surface area contributed by atoms with E-state index in [-0.39, 0.29) is 22.5 Å². The molecule has 4 atom stereocenters. The van der Waals surface area contributed by atoms with Gasteiger partial charge in [0.2, 0.25) is 5.78 Å². The number of carbonyl (C=O) groups is 4. The number of phenols is 1. The van der Waals surface area contributed by atoms with Crippen molar-refractivity contribution in [2.45, 2.75) is 38.0 Å². The van der Waals surface area contributed by atoms with Crippen LogP contribution in [0.3, 0.4) is 0 Å². The summed E-state index contributed by atoms with van der Waals surface area (Å²) in [5.74, 6) is -7.56. The molecule has 2 aromatic carbocycles. The predicted molar refractivity (Wildman–Crippen MR) is 153 cm³/mol. The summed E-state index contributed by atoms with van der Waals surface area (Å²) in [6.45, 7) is 2.74. The van der Waals surface area contributed by atoms with Crippen LogP contribution < -0.4 is 5.73 Å². The first-order valence-corrected chi connectivity index (χ1v) is 13.1. The number of rotatable bonds is 7. The Labute approximate surface area is 241 Å². The molecule has 0 saturated carbocycles. The van der Waals surface area contributed by atoms with Crippen molar-refractivity contribution in [2.24, 2.45) is 11.7 Å². The van der Waals surface area contributed by atoms with Crippen molar-refractivity contribution in [2.75, 3.05) is 14.1 Å². The van der Waals surface area contributed by atoms with E-state index in [0.717, 1.165) is 0 Å². The van der Waals surface area contributed by atoms with Gasteiger partial charge in [-0.25, -0.2) is 0 Å². The molecule has 4 rings (SSSR count). The molecule has 2 aliphatic rings. The quantitative estimate of drug-likeness (QED) is 0.209. The summed E-state index contributed by atoms with van der Waals surface area (Å²) in [5, 5.41) is 56.0. The zero-order valence-corrected chi connectivity index (χ0v) is 23.5. The van der Waals surface area contributed by atoms with E-state index in [1.165, 1.54) is 45.0 Å². The van der Waals surface area contributed by atoms with Gasteiger partial charge in [-0.05, 0) is 56.8 Å². The molecule has 2 aromatic rings. The van der Waals surface area contributed by atoms with Crippen LogP contribution in [0.25, 0.3) is 17.4 Å². The number of Topliss-reactive ketones (excluding diaryl/α,β-unsaturated/α-hetero) is 3. The lowest BCUT2D eigenvalue weighted by Gasteiger charge is -2.40. The summed E-state index contributed by atoms with van der Waals surface area (Å²) in [4.78, 5) is 52.8. The smallest absolute Gasteiger partial charge is 0.255 e. The van der Waals surface area contributed by atoms with Crippen LogP contribution in [0.4, 0.5) is 0 Å². The molecule has 2 aliphatic carbocycles. The number of carbonyl (C=O) groups excluding carboxylic acids is 4. The molecular formula is C31H32N2O9. The zero-order chi connectivity index (χ0) is 31.3. The summed E-state index contributed by atoms with van der Waals surface area (Å²) in [7, 11) is 2.93. The molecule has 0 spiro atoms. The first-order chi connectivity index (χ1) is 19.6. The molecule has 0 radical (unpaired) electrons. The van der Waals surface area contributed by atoms with Crippen LogP contribution in [0.15, 0.2) is 59.4 Å². The van der Waals surface area contributed by atoms with E-state index in [1.807, 2.05) is 0 Å². The van der Waals surface area contributed by atoms with Gasteiger partial charge in [-0.15, -0.1) is 0 Å². The zero-order valence-electron chi connectivity index (χ0n) is 23.5. The molecule has 0 unspecified atom stereocenters. The van der Waals surface area contributed by atoms with Crippen LogP contribution >= 0.6 is 0 Å². The number of nitrogens with two attached hydrogens (primary N) is 1. The van der Waals surface area contributed by atoms with Crippen LogP contribution in [0.1, 0.15) is 47.3 Å². The molecule has 11 heteroatoms. The number of aromatic hydroxyl groups is 1. The maximum absolute atomic E-state index is 14.3. The van der Waals surface area contributed by atoms with Crippen molar-refractivity contribution in [3.8, 4) is 5.75 Å². The lowest BCUT2D eigenvalue weighted by atomic mass is 9.68. The summed E-state index contributed by atoms with van der Waals surface area (Å²) in [5.41, 5.74) is 2.13. The number of phenolic OH excluding ortho intramolecular Hbond substituents is 1. The third kappa shape index (κ3) is 4.91. The van der Waals surface area contributed by atoms with Crippen molar-refractivity contribution < 1.29 is 44.7 Å². The number of aliphatic hydroxyl groups is 4. The van der Waals surface area contributed by atoms with Gasteiger partial charge in [-0.2, -0.15) is 0 Å². The molecule has 11 nitrogen and oxygen atoms in total. The molecule has 0 aromatic heterocycles. The Balaban J connectivity index is 2.03. The highest BCUT2D eigenvalue weighted by Crippen LogP contribution is 2.49. The molecule has 1 amide bonds. The number of hydrogen-bond acceptors (Lipinski definition) is 10. The highest BCUT2D eigenvalue weighted by molar-refractivity contribution is 6.24. The van der Waals surface area contributed by atoms with Gasteiger partial charge in [0.15, 0.2) is 17.2 Å². The molecule has 220 valence electrons. The van der Waals surface area contributed by atoms with E-state index in [0.29, 0.717) is 11.1 Å². The van der Waals surface area contributed by atoms with E-state index < -0.39 is 76.0 Å². The minimum Gasteiger partial charge on any atom is -0.508 e. The average Bonchev–Trinajstić information content (AvgIpc) is 2.91. The monoisotopic (exact) mass is 576 g/mol. The second kappa shape index (κ2) is 11.0. The SMILES string of the molecule is CC(=O)c1cccc(/C=C2\c3cccc(O)c3C(O)=C(C(=O)[C@@]3(O)C[C@@H](N(C)C)C(=O)C(C(N)=O)=C3O)[C@H]2[C@@H](C)O)c1. The van der Waals surface area contributed by atoms with Crippen LogP contribution in [0, 0.1) is 5.92 Å². The summed E-state index contributed by atoms with van der Waals surface area (Å²) in [6, 6.07) is 9.60. The number of benzene rings is 2. The predicted octanol–water partition coefficient (Wildman–Crippen LogP) is 1.92. The summed E-state index contributed by atoms with van der Waals surface area (Å²) in [6.07, 6.45) is -0.510. The van der Waals surface area contributed by atoms with Gasteiger partial charge in [-0.3, -0.25) is 24.1 Å². The Morgan fingerprint density at radius 1 is 1.10 bits per heavy atom. The first-order valence-electron chi connectivity index (χ1n) is 13.1. The number of likely N-dealkylation sites (N-methyl/N-ethyl adjacent to an activating group) is 1. The highest BCUT2D eigenvalue weighted by atomic mass is 16.3. The van der Waals surface area contributed by atoms with Crippen molar-refractivity contribution in [1.29, 1.82) is 0 Å². The number of amides is 1. The van der Waals surface area contributed by atoms with Crippen molar-refractivity contribution in [3.63, 3.8) is 0 Å². The number of fused-ring (bicyclic) bond motifs is 1. The van der Waals surface area contributed by atoms with Crippen LogP contribution in [-0.4, -0.2) is 85.5 Å². The summed E-state index contributed by atoms with van der Waals surface area (Å²) < 4.78 is 0. The Morgan fingerprint density at radius 3 is 2.31 bits per heavy atom. The molecule has 42 heavy (non-hydrogen) atoms. The van der Waals surface area contributed by atoms with Crippen molar-refractivity contribution in [1.82, 2.24) is 4.90 Å². The fourth-order valence-electron chi connectivity index (χ4n) is 5.62. The Morgan fingerprint density at radius 2 is 1.74 bits per heavy atom. The van der Waals surface area contributed by atoms with Gasteiger partial charge < -0.3 is 31.3 Å². The van der Waals surface area contributed by atoms with Crippen LogP contribution in [0.5, 0.6) is 5.75 Å². The number of aliphatic hydroxyl groups excluding tert-OH is 3. The molecular weight excluding hydrogens is 544 g/mol. The lowest BCUT2D eigenvalue weighted by molar-refractivity contribution is -0.140. The third-order valence-corrected chi connectivity index (χ3v) is 7.75. The van der Waals surface area contributed by atoms with Gasteiger partial charge in [0.25, 0.3) is 5.91 Å². The standard InChI is InChI=1S/C31H32N2O9/c1-14(34)17-8-5-7-16(11-17)12-19-18-9-6-10-21(36)23(18)27(38)24(22(19)15(2)35)28(39)31(42)13-20(33(3)4)26(37)25(29(31)40)30(32)41/h5-12,15,20,22,35-36,38,40,42H,13H2,1-4H3,(H2,32,41)/b19-12+/t15-,20-,22+,31+/m1/s1. The Hall–Kier alpha value is -4.58. The number of nitrogens with zero attached hydrogens (tertiary/aromatic N) is 1. The second-order valence-electron chi connectivity index (χ2n) is 10.8. The maximum Gasteiger partial charge on any atom is 0.255 e. The van der Waals surface area contributed by atoms with E-state index >= 15 is 0 Å². The third-order valence-electron chi connectivity index (χ3n) is 7.75. The Bertz CT molecular complexity index is 1620.